The van der Waals surface area contributed by atoms with Crippen molar-refractivity contribution in [2.75, 3.05) is 13.2 Å². The molecule has 3 N–H and O–H groups in total. The molecule has 0 saturated carbocycles. The molecule has 0 radical (unpaired) electrons. The van der Waals surface area contributed by atoms with Crippen molar-refractivity contribution in [2.45, 2.75) is 18.3 Å². The highest BCUT2D eigenvalue weighted by Crippen LogP contribution is 2.27. The molecule has 0 aromatic carbocycles. The van der Waals surface area contributed by atoms with Crippen LogP contribution < -0.4 is 4.28 Å². The Morgan fingerprint density at radius 1 is 1.22 bits per heavy atom. The zero-order chi connectivity index (χ0) is 21.0. The lowest BCUT2D eigenvalue weighted by Gasteiger charge is -2.17. The number of nitrogens with zero attached hydrogens (tertiary/aromatic N) is 1. The highest BCUT2D eigenvalue weighted by molar-refractivity contribution is 7.88. The number of carbonyl (C=O) groups excluding carboxylic acids is 2. The van der Waals surface area contributed by atoms with E-state index in [2.05, 4.69) is 20.3 Å². The average Bonchev–Trinajstić information content (AvgIpc) is 2.88. The Hall–Kier alpha value is -2.87. The van der Waals surface area contributed by atoms with Crippen molar-refractivity contribution in [3.05, 3.63) is 24.3 Å². The summed E-state index contributed by atoms with van der Waals surface area (Å²) < 4.78 is 62.6. The van der Waals surface area contributed by atoms with Crippen LogP contribution in [-0.4, -0.2) is 65.0 Å². The van der Waals surface area contributed by atoms with Gasteiger partial charge in [0.05, 0.1) is 0 Å². The van der Waals surface area contributed by atoms with Gasteiger partial charge in [-0.2, -0.15) is 17.2 Å². The number of hydrogen-bond donors (Lipinski definition) is 3. The van der Waals surface area contributed by atoms with E-state index < -0.39 is 58.4 Å². The third kappa shape index (κ3) is 5.30. The number of aliphatic hydroxyl groups excluding tert-OH is 1. The third-order valence-corrected chi connectivity index (χ3v) is 3.82. The minimum absolute atomic E-state index is 0.00881. The molecule has 0 saturated heterocycles. The van der Waals surface area contributed by atoms with E-state index in [0.717, 1.165) is 12.1 Å². The summed E-state index contributed by atoms with van der Waals surface area (Å²) in [7, 11) is -6.06. The predicted octanol–water partition coefficient (Wildman–Crippen LogP) is -0.726. The maximum atomic E-state index is 13.8. The number of aromatic nitrogens is 1. The summed E-state index contributed by atoms with van der Waals surface area (Å²) in [6, 6.07) is 1.45. The Labute approximate surface area is 151 Å². The molecule has 0 bridgehead atoms. The molecular weight excluding hydrogens is 400 g/mol. The molecular formula is C13H15F2NO10S. The van der Waals surface area contributed by atoms with Crippen LogP contribution >= 0.6 is 0 Å². The molecule has 1 heterocycles. The average molecular weight is 415 g/mol. The molecule has 1 unspecified atom stereocenters. The van der Waals surface area contributed by atoms with Gasteiger partial charge in [-0.25, -0.2) is 9.59 Å². The van der Waals surface area contributed by atoms with Gasteiger partial charge < -0.3 is 24.8 Å². The first kappa shape index (κ1) is 22.2. The number of esters is 2. The summed E-state index contributed by atoms with van der Waals surface area (Å²) in [6.45, 7) is 2.69. The summed E-state index contributed by atoms with van der Waals surface area (Å²) in [5.74, 6) is -5.60. The number of rotatable bonds is 9. The Balaban J connectivity index is 2.71. The van der Waals surface area contributed by atoms with Gasteiger partial charge in [0, 0.05) is 17.7 Å². The minimum atomic E-state index is -6.06. The summed E-state index contributed by atoms with van der Waals surface area (Å²) in [6.07, 6.45) is -1.73. The van der Waals surface area contributed by atoms with Crippen LogP contribution in [0.3, 0.4) is 0 Å². The maximum Gasteiger partial charge on any atom is 0.478 e. The SMILES string of the molecule is C=C(C)C(=O)OCC(O)COC(=O)C(F)(F)S(=O)(=O)On1c(O)ccc1O. The van der Waals surface area contributed by atoms with Crippen LogP contribution in [0.2, 0.25) is 0 Å². The van der Waals surface area contributed by atoms with E-state index in [1.807, 2.05) is 0 Å². The molecule has 14 heteroatoms. The smallest absolute Gasteiger partial charge is 0.478 e. The summed E-state index contributed by atoms with van der Waals surface area (Å²) in [5.41, 5.74) is -0.00881. The van der Waals surface area contributed by atoms with Crippen LogP contribution in [0.5, 0.6) is 11.8 Å². The molecule has 27 heavy (non-hydrogen) atoms. The second-order valence-electron chi connectivity index (χ2n) is 5.02. The molecule has 0 spiro atoms. The fraction of sp³-hybridized carbons (Fsp3) is 0.385. The van der Waals surface area contributed by atoms with Crippen LogP contribution in [-0.2, 0) is 29.2 Å². The summed E-state index contributed by atoms with van der Waals surface area (Å²) in [4.78, 5) is 22.4. The number of aromatic hydroxyl groups is 2. The van der Waals surface area contributed by atoms with Crippen molar-refractivity contribution >= 4 is 22.1 Å². The molecule has 152 valence electrons. The number of aliphatic hydroxyl groups is 1. The first-order valence-electron chi connectivity index (χ1n) is 6.89. The second-order valence-corrected chi connectivity index (χ2v) is 6.59. The van der Waals surface area contributed by atoms with E-state index >= 15 is 0 Å². The molecule has 0 aliphatic carbocycles. The van der Waals surface area contributed by atoms with Crippen molar-refractivity contribution in [3.8, 4) is 11.8 Å². The number of hydrogen-bond acceptors (Lipinski definition) is 10. The Bertz CT molecular complexity index is 813. The Morgan fingerprint density at radius 2 is 1.70 bits per heavy atom. The maximum absolute atomic E-state index is 13.8. The quantitative estimate of drug-likeness (QED) is 0.346. The van der Waals surface area contributed by atoms with Crippen molar-refractivity contribution < 1.29 is 55.9 Å². The number of halogens is 2. The Morgan fingerprint density at radius 3 is 2.19 bits per heavy atom. The number of ether oxygens (including phenoxy) is 2. The van der Waals surface area contributed by atoms with Crippen LogP contribution in [0, 0.1) is 0 Å². The van der Waals surface area contributed by atoms with Crippen molar-refractivity contribution in [2.24, 2.45) is 0 Å². The molecule has 1 aromatic heterocycles. The lowest BCUT2D eigenvalue weighted by molar-refractivity contribution is -0.166. The summed E-state index contributed by atoms with van der Waals surface area (Å²) in [5, 5.41) is 22.5. The molecule has 1 aromatic rings. The van der Waals surface area contributed by atoms with E-state index in [0.29, 0.717) is 0 Å². The normalized spacial score (nSPS) is 12.9. The van der Waals surface area contributed by atoms with Crippen molar-refractivity contribution in [1.29, 1.82) is 0 Å². The molecule has 1 rings (SSSR count). The highest BCUT2D eigenvalue weighted by Gasteiger charge is 2.58. The lowest BCUT2D eigenvalue weighted by atomic mass is 10.3. The molecule has 0 fully saturated rings. The third-order valence-electron chi connectivity index (χ3n) is 2.68. The first-order chi connectivity index (χ1) is 12.3. The predicted molar refractivity (Wildman–Crippen MR) is 80.9 cm³/mol. The van der Waals surface area contributed by atoms with E-state index in [9.17, 15) is 42.1 Å². The van der Waals surface area contributed by atoms with Gasteiger partial charge in [-0.05, 0) is 6.92 Å². The number of alkyl halides is 2. The van der Waals surface area contributed by atoms with Crippen molar-refractivity contribution in [3.63, 3.8) is 0 Å². The molecule has 1 atom stereocenters. The van der Waals surface area contributed by atoms with Crippen LogP contribution in [0.25, 0.3) is 0 Å². The fourth-order valence-corrected chi connectivity index (χ4v) is 2.03. The molecule has 0 amide bonds. The van der Waals surface area contributed by atoms with Gasteiger partial charge in [-0.3, -0.25) is 4.28 Å². The van der Waals surface area contributed by atoms with E-state index in [1.54, 1.807) is 0 Å². The highest BCUT2D eigenvalue weighted by atomic mass is 32.2. The van der Waals surface area contributed by atoms with Gasteiger partial charge in [-0.1, -0.05) is 11.3 Å². The zero-order valence-electron chi connectivity index (χ0n) is 13.7. The van der Waals surface area contributed by atoms with Gasteiger partial charge in [0.15, 0.2) is 0 Å². The van der Waals surface area contributed by atoms with Gasteiger partial charge in [0.25, 0.3) is 0 Å². The standard InChI is InChI=1S/C13H15F2NO10S/c1-7(2)11(20)24-5-8(17)6-25-12(21)13(14,15)27(22,23)26-16-9(18)3-4-10(16)19/h3-4,8,17-19H,1,5-6H2,2H3. The minimum Gasteiger partial charge on any atom is -0.492 e. The fourth-order valence-electron chi connectivity index (χ4n) is 1.32. The largest absolute Gasteiger partial charge is 0.492 e. The van der Waals surface area contributed by atoms with Crippen LogP contribution in [0.1, 0.15) is 6.92 Å². The van der Waals surface area contributed by atoms with Crippen molar-refractivity contribution in [1.82, 2.24) is 4.73 Å². The van der Waals surface area contributed by atoms with E-state index in [4.69, 9.17) is 0 Å². The van der Waals surface area contributed by atoms with Crippen LogP contribution in [0.15, 0.2) is 24.3 Å². The molecule has 0 aliphatic rings. The van der Waals surface area contributed by atoms with E-state index in [-0.39, 0.29) is 10.3 Å². The van der Waals surface area contributed by atoms with Gasteiger partial charge in [0.2, 0.25) is 11.8 Å². The van der Waals surface area contributed by atoms with Gasteiger partial charge in [0.1, 0.15) is 19.3 Å². The monoisotopic (exact) mass is 415 g/mol. The van der Waals surface area contributed by atoms with Crippen LogP contribution in [0.4, 0.5) is 8.78 Å². The first-order valence-corrected chi connectivity index (χ1v) is 8.30. The second kappa shape index (κ2) is 8.22. The topological polar surface area (TPSA) is 162 Å². The molecule has 11 nitrogen and oxygen atoms in total. The zero-order valence-corrected chi connectivity index (χ0v) is 14.5. The van der Waals surface area contributed by atoms with Gasteiger partial charge in [-0.15, -0.1) is 0 Å². The van der Waals surface area contributed by atoms with Gasteiger partial charge >= 0.3 is 27.3 Å². The summed E-state index contributed by atoms with van der Waals surface area (Å²) >= 11 is 0. The Kier molecular flexibility index (Phi) is 6.75. The van der Waals surface area contributed by atoms with E-state index in [1.165, 1.54) is 6.92 Å². The number of carbonyl (C=O) groups is 2. The lowest BCUT2D eigenvalue weighted by Crippen LogP contribution is -2.45. The molecule has 0 aliphatic heterocycles.